The van der Waals surface area contributed by atoms with Gasteiger partial charge in [0.2, 0.25) is 5.91 Å². The molecule has 7 heteroatoms. The molecule has 0 rings (SSSR count). The fourth-order valence-electron chi connectivity index (χ4n) is 1.08. The van der Waals surface area contributed by atoms with Crippen LogP contribution in [0.3, 0.4) is 0 Å². The third-order valence-corrected chi connectivity index (χ3v) is 1.88. The smallest absolute Gasteiger partial charge is 0.261 e. The number of ether oxygens (including phenoxy) is 2. The van der Waals surface area contributed by atoms with E-state index in [1.807, 2.05) is 0 Å². The van der Waals surface area contributed by atoms with Crippen LogP contribution < -0.4 is 5.32 Å². The number of nitrogens with one attached hydrogen (secondary N) is 1. The number of hydrogen-bond acceptors (Lipinski definition) is 4. The van der Waals surface area contributed by atoms with Crippen molar-refractivity contribution in [3.05, 3.63) is 0 Å². The van der Waals surface area contributed by atoms with E-state index >= 15 is 0 Å². The Labute approximate surface area is 99.1 Å². The van der Waals surface area contributed by atoms with Crippen LogP contribution in [0, 0.1) is 0 Å². The van der Waals surface area contributed by atoms with Gasteiger partial charge in [0.25, 0.3) is 6.43 Å². The third-order valence-electron chi connectivity index (χ3n) is 1.88. The topological polar surface area (TPSA) is 67.8 Å². The van der Waals surface area contributed by atoms with E-state index in [1.165, 1.54) is 7.11 Å². The summed E-state index contributed by atoms with van der Waals surface area (Å²) in [5.41, 5.74) is 0. The average Bonchev–Trinajstić information content (AvgIpc) is 2.24. The van der Waals surface area contributed by atoms with Crippen LogP contribution in [0.4, 0.5) is 8.78 Å². The highest BCUT2D eigenvalue weighted by molar-refractivity contribution is 5.75. The standard InChI is InChI=1S/C10H19F2NO4/c1-16-6-8(14)2-4-13-10(15)3-5-17-7-9(11)12/h8-9,14H,2-7H2,1H3,(H,13,15). The molecule has 2 N–H and O–H groups in total. The van der Waals surface area contributed by atoms with Crippen LogP contribution in [0.1, 0.15) is 12.8 Å². The lowest BCUT2D eigenvalue weighted by Gasteiger charge is -2.10. The van der Waals surface area contributed by atoms with E-state index in [-0.39, 0.29) is 25.5 Å². The van der Waals surface area contributed by atoms with Gasteiger partial charge in [-0.3, -0.25) is 4.79 Å². The second-order valence-electron chi connectivity index (χ2n) is 3.46. The molecular formula is C10H19F2NO4. The molecule has 1 unspecified atom stereocenters. The molecule has 1 amide bonds. The minimum absolute atomic E-state index is 0.0310. The molecule has 0 saturated heterocycles. The highest BCUT2D eigenvalue weighted by Gasteiger charge is 2.06. The molecule has 1 atom stereocenters. The first kappa shape index (κ1) is 16.2. The first-order valence-electron chi connectivity index (χ1n) is 5.35. The molecule has 102 valence electrons. The number of halogens is 2. The number of carbonyl (C=O) groups excluding carboxylic acids is 1. The molecule has 0 saturated carbocycles. The number of aliphatic hydroxyl groups excluding tert-OH is 1. The number of aliphatic hydroxyl groups is 1. The highest BCUT2D eigenvalue weighted by atomic mass is 19.3. The summed E-state index contributed by atoms with van der Waals surface area (Å²) in [6.45, 7) is -0.151. The van der Waals surface area contributed by atoms with Crippen molar-refractivity contribution < 1.29 is 28.2 Å². The number of alkyl halides is 2. The van der Waals surface area contributed by atoms with Crippen molar-refractivity contribution in [1.29, 1.82) is 0 Å². The predicted molar refractivity (Wildman–Crippen MR) is 56.9 cm³/mol. The van der Waals surface area contributed by atoms with E-state index in [0.29, 0.717) is 13.0 Å². The summed E-state index contributed by atoms with van der Waals surface area (Å²) in [5, 5.41) is 11.8. The van der Waals surface area contributed by atoms with Gasteiger partial charge in [0.15, 0.2) is 0 Å². The Hall–Kier alpha value is -0.790. The number of rotatable bonds is 10. The van der Waals surface area contributed by atoms with Gasteiger partial charge in [-0.2, -0.15) is 0 Å². The fraction of sp³-hybridized carbons (Fsp3) is 0.900. The highest BCUT2D eigenvalue weighted by Crippen LogP contribution is 1.94. The zero-order valence-corrected chi connectivity index (χ0v) is 9.83. The number of methoxy groups -OCH3 is 1. The van der Waals surface area contributed by atoms with Gasteiger partial charge in [-0.15, -0.1) is 0 Å². The van der Waals surface area contributed by atoms with Gasteiger partial charge < -0.3 is 19.9 Å². The summed E-state index contributed by atoms with van der Waals surface area (Å²) < 4.78 is 32.6. The van der Waals surface area contributed by atoms with E-state index in [4.69, 9.17) is 4.74 Å². The SMILES string of the molecule is COCC(O)CCNC(=O)CCOCC(F)F. The normalized spacial score (nSPS) is 12.8. The molecule has 0 aliphatic heterocycles. The van der Waals surface area contributed by atoms with Crippen LogP contribution in [0.15, 0.2) is 0 Å². The fourth-order valence-corrected chi connectivity index (χ4v) is 1.08. The summed E-state index contributed by atoms with van der Waals surface area (Å²) in [5.74, 6) is -0.288. The second-order valence-corrected chi connectivity index (χ2v) is 3.46. The van der Waals surface area contributed by atoms with E-state index in [0.717, 1.165) is 0 Å². The van der Waals surface area contributed by atoms with Gasteiger partial charge in [0.05, 0.1) is 19.3 Å². The monoisotopic (exact) mass is 255 g/mol. The summed E-state index contributed by atoms with van der Waals surface area (Å²) in [6, 6.07) is 0. The van der Waals surface area contributed by atoms with Crippen molar-refractivity contribution in [2.45, 2.75) is 25.4 Å². The van der Waals surface area contributed by atoms with Crippen LogP contribution in [0.2, 0.25) is 0 Å². The first-order chi connectivity index (χ1) is 8.06. The van der Waals surface area contributed by atoms with Crippen molar-refractivity contribution in [3.8, 4) is 0 Å². The summed E-state index contributed by atoms with van der Waals surface area (Å²) in [4.78, 5) is 11.1. The van der Waals surface area contributed by atoms with Crippen LogP contribution in [0.5, 0.6) is 0 Å². The Morgan fingerprint density at radius 1 is 1.41 bits per heavy atom. The van der Waals surface area contributed by atoms with Gasteiger partial charge in [-0.25, -0.2) is 8.78 Å². The van der Waals surface area contributed by atoms with E-state index in [2.05, 4.69) is 10.1 Å². The number of amides is 1. The molecule has 5 nitrogen and oxygen atoms in total. The molecule has 0 spiro atoms. The molecule has 0 aromatic heterocycles. The Morgan fingerprint density at radius 2 is 2.12 bits per heavy atom. The van der Waals surface area contributed by atoms with Crippen LogP contribution in [-0.4, -0.2) is 57.0 Å². The molecule has 0 aliphatic rings. The largest absolute Gasteiger partial charge is 0.391 e. The van der Waals surface area contributed by atoms with E-state index in [9.17, 15) is 18.7 Å². The van der Waals surface area contributed by atoms with Crippen molar-refractivity contribution in [3.63, 3.8) is 0 Å². The molecule has 0 fully saturated rings. The molecule has 0 aromatic rings. The zero-order valence-electron chi connectivity index (χ0n) is 9.83. The molecule has 17 heavy (non-hydrogen) atoms. The molecular weight excluding hydrogens is 236 g/mol. The maximum Gasteiger partial charge on any atom is 0.261 e. The molecule has 0 bridgehead atoms. The quantitative estimate of drug-likeness (QED) is 0.546. The van der Waals surface area contributed by atoms with Crippen molar-refractivity contribution in [2.24, 2.45) is 0 Å². The number of carbonyl (C=O) groups is 1. The molecule has 0 aliphatic carbocycles. The Bertz CT molecular complexity index is 205. The van der Waals surface area contributed by atoms with Crippen LogP contribution in [-0.2, 0) is 14.3 Å². The van der Waals surface area contributed by atoms with E-state index in [1.54, 1.807) is 0 Å². The zero-order chi connectivity index (χ0) is 13.1. The van der Waals surface area contributed by atoms with Gasteiger partial charge in [0.1, 0.15) is 6.61 Å². The minimum atomic E-state index is -2.51. The van der Waals surface area contributed by atoms with Gasteiger partial charge in [-0.1, -0.05) is 0 Å². The van der Waals surface area contributed by atoms with Crippen molar-refractivity contribution >= 4 is 5.91 Å². The maximum absolute atomic E-state index is 11.7. The Balaban J connectivity index is 3.34. The summed E-state index contributed by atoms with van der Waals surface area (Å²) in [6.07, 6.45) is -2.71. The Kier molecular flexibility index (Phi) is 9.89. The predicted octanol–water partition coefficient (Wildman–Crippen LogP) is 0.172. The van der Waals surface area contributed by atoms with Crippen LogP contribution in [0.25, 0.3) is 0 Å². The van der Waals surface area contributed by atoms with Gasteiger partial charge >= 0.3 is 0 Å². The van der Waals surface area contributed by atoms with Gasteiger partial charge in [-0.05, 0) is 6.42 Å². The molecule has 0 heterocycles. The lowest BCUT2D eigenvalue weighted by molar-refractivity contribution is -0.122. The first-order valence-corrected chi connectivity index (χ1v) is 5.35. The van der Waals surface area contributed by atoms with Crippen molar-refractivity contribution in [1.82, 2.24) is 5.32 Å². The van der Waals surface area contributed by atoms with Crippen LogP contribution >= 0.6 is 0 Å². The number of hydrogen-bond donors (Lipinski definition) is 2. The summed E-state index contributed by atoms with van der Waals surface area (Å²) in [7, 11) is 1.47. The lowest BCUT2D eigenvalue weighted by atomic mass is 10.2. The van der Waals surface area contributed by atoms with Crippen molar-refractivity contribution in [2.75, 3.05) is 33.5 Å². The maximum atomic E-state index is 11.7. The van der Waals surface area contributed by atoms with E-state index < -0.39 is 19.1 Å². The summed E-state index contributed by atoms with van der Waals surface area (Å²) >= 11 is 0. The second kappa shape index (κ2) is 10.4. The Morgan fingerprint density at radius 3 is 2.71 bits per heavy atom. The third kappa shape index (κ3) is 11.5. The molecule has 0 aromatic carbocycles. The lowest BCUT2D eigenvalue weighted by Crippen LogP contribution is -2.29. The van der Waals surface area contributed by atoms with Gasteiger partial charge in [0, 0.05) is 20.1 Å². The minimum Gasteiger partial charge on any atom is -0.391 e. The molecule has 0 radical (unpaired) electrons. The average molecular weight is 255 g/mol.